The second-order valence-corrected chi connectivity index (χ2v) is 3.89. The van der Waals surface area contributed by atoms with Crippen molar-refractivity contribution in [3.05, 3.63) is 59.0 Å². The lowest BCUT2D eigenvalue weighted by Crippen LogP contribution is -2.00. The lowest BCUT2D eigenvalue weighted by molar-refractivity contribution is 0.0694. The van der Waals surface area contributed by atoms with E-state index in [2.05, 4.69) is 5.16 Å². The normalized spacial score (nSPS) is 10.9. The fraction of sp³-hybridized carbons (Fsp3) is 0.143. The Balaban J connectivity index is 2.12. The minimum absolute atomic E-state index is 0.160. The number of hydrogen-bond acceptors (Lipinski definition) is 3. The van der Waals surface area contributed by atoms with Gasteiger partial charge in [-0.05, 0) is 12.5 Å². The Bertz CT molecular complexity index is 570. The summed E-state index contributed by atoms with van der Waals surface area (Å²) in [6.07, 6.45) is 4.20. The Hall–Kier alpha value is -2.36. The highest BCUT2D eigenvalue weighted by Gasteiger charge is 2.18. The summed E-state index contributed by atoms with van der Waals surface area (Å²) in [6.45, 7) is 1.62. The summed E-state index contributed by atoms with van der Waals surface area (Å²) < 4.78 is 5.01. The van der Waals surface area contributed by atoms with Gasteiger partial charge in [0.25, 0.3) is 0 Å². The van der Waals surface area contributed by atoms with E-state index in [4.69, 9.17) is 9.63 Å². The van der Waals surface area contributed by atoms with Crippen LogP contribution in [0.5, 0.6) is 0 Å². The minimum atomic E-state index is -1.00. The molecule has 0 saturated carbocycles. The van der Waals surface area contributed by atoms with Gasteiger partial charge in [-0.15, -0.1) is 0 Å². The number of aromatic nitrogens is 1. The Morgan fingerprint density at radius 2 is 2.11 bits per heavy atom. The zero-order chi connectivity index (χ0) is 13.0. The lowest BCUT2D eigenvalue weighted by Gasteiger charge is -1.94. The summed E-state index contributed by atoms with van der Waals surface area (Å²) >= 11 is 0. The van der Waals surface area contributed by atoms with Crippen molar-refractivity contribution in [3.63, 3.8) is 0 Å². The molecule has 0 aliphatic rings. The van der Waals surface area contributed by atoms with Crippen LogP contribution in [0.3, 0.4) is 0 Å². The fourth-order valence-corrected chi connectivity index (χ4v) is 1.70. The average Bonchev–Trinajstić information content (AvgIpc) is 2.72. The van der Waals surface area contributed by atoms with Crippen LogP contribution in [0.2, 0.25) is 0 Å². The summed E-state index contributed by atoms with van der Waals surface area (Å²) in [5.74, 6) is -0.621. The van der Waals surface area contributed by atoms with Crippen molar-refractivity contribution in [3.8, 4) is 0 Å². The number of benzene rings is 1. The van der Waals surface area contributed by atoms with Crippen LogP contribution in [0, 0.1) is 6.92 Å². The molecule has 0 amide bonds. The summed E-state index contributed by atoms with van der Waals surface area (Å²) in [5, 5.41) is 12.7. The van der Waals surface area contributed by atoms with Crippen molar-refractivity contribution in [2.75, 3.05) is 0 Å². The molecule has 0 bridgehead atoms. The number of aryl methyl sites for hydroxylation is 1. The first-order valence-corrected chi connectivity index (χ1v) is 5.58. The van der Waals surface area contributed by atoms with Crippen LogP contribution in [-0.4, -0.2) is 16.2 Å². The topological polar surface area (TPSA) is 63.3 Å². The van der Waals surface area contributed by atoms with Gasteiger partial charge in [0.1, 0.15) is 5.56 Å². The zero-order valence-corrected chi connectivity index (χ0v) is 9.96. The van der Waals surface area contributed by atoms with Crippen LogP contribution in [0.15, 0.2) is 40.9 Å². The fourth-order valence-electron chi connectivity index (χ4n) is 1.70. The average molecular weight is 243 g/mol. The third-order valence-corrected chi connectivity index (χ3v) is 2.56. The molecule has 0 aliphatic heterocycles. The van der Waals surface area contributed by atoms with E-state index >= 15 is 0 Å². The molecule has 1 aromatic heterocycles. The van der Waals surface area contributed by atoms with Crippen LogP contribution in [0.4, 0.5) is 0 Å². The molecule has 1 heterocycles. The second kappa shape index (κ2) is 5.31. The summed E-state index contributed by atoms with van der Waals surface area (Å²) in [6, 6.07) is 9.78. The first-order valence-electron chi connectivity index (χ1n) is 5.58. The van der Waals surface area contributed by atoms with Crippen LogP contribution < -0.4 is 0 Å². The molecule has 92 valence electrons. The van der Waals surface area contributed by atoms with Gasteiger partial charge in [0.2, 0.25) is 0 Å². The minimum Gasteiger partial charge on any atom is -0.477 e. The molecule has 2 rings (SSSR count). The first kappa shape index (κ1) is 12.1. The Morgan fingerprint density at radius 3 is 2.78 bits per heavy atom. The SMILES string of the molecule is Cc1noc(CC=Cc2ccccc2)c1C(=O)O. The van der Waals surface area contributed by atoms with Crippen molar-refractivity contribution < 1.29 is 14.4 Å². The molecular formula is C14H13NO3. The first-order chi connectivity index (χ1) is 8.68. The Labute approximate surface area is 105 Å². The highest BCUT2D eigenvalue weighted by molar-refractivity contribution is 5.89. The predicted molar refractivity (Wildman–Crippen MR) is 67.4 cm³/mol. The number of carbonyl (C=O) groups is 1. The van der Waals surface area contributed by atoms with Gasteiger partial charge in [-0.1, -0.05) is 47.6 Å². The molecule has 0 atom stereocenters. The molecule has 0 fully saturated rings. The number of nitrogens with zero attached hydrogens (tertiary/aromatic N) is 1. The Kier molecular flexibility index (Phi) is 3.57. The maximum Gasteiger partial charge on any atom is 0.341 e. The van der Waals surface area contributed by atoms with E-state index in [0.29, 0.717) is 17.9 Å². The summed E-state index contributed by atoms with van der Waals surface area (Å²) in [4.78, 5) is 11.0. The number of carboxylic acids is 1. The molecule has 0 unspecified atom stereocenters. The molecule has 1 aromatic carbocycles. The molecule has 0 saturated heterocycles. The third kappa shape index (κ3) is 2.66. The molecule has 0 radical (unpaired) electrons. The number of carboxylic acid groups (broad SMARTS) is 1. The molecule has 4 heteroatoms. The van der Waals surface area contributed by atoms with Gasteiger partial charge in [-0.2, -0.15) is 0 Å². The highest BCUT2D eigenvalue weighted by Crippen LogP contribution is 2.15. The predicted octanol–water partition coefficient (Wildman–Crippen LogP) is 2.94. The van der Waals surface area contributed by atoms with Crippen molar-refractivity contribution >= 4 is 12.0 Å². The van der Waals surface area contributed by atoms with E-state index < -0.39 is 5.97 Å². The molecule has 0 spiro atoms. The molecule has 1 N–H and O–H groups in total. The molecule has 2 aromatic rings. The largest absolute Gasteiger partial charge is 0.477 e. The molecule has 18 heavy (non-hydrogen) atoms. The van der Waals surface area contributed by atoms with E-state index in [1.165, 1.54) is 0 Å². The van der Waals surface area contributed by atoms with Gasteiger partial charge in [-0.3, -0.25) is 0 Å². The van der Waals surface area contributed by atoms with Crippen LogP contribution >= 0.6 is 0 Å². The number of allylic oxidation sites excluding steroid dienone is 1. The monoisotopic (exact) mass is 243 g/mol. The van der Waals surface area contributed by atoms with Crippen molar-refractivity contribution in [1.82, 2.24) is 5.16 Å². The number of aromatic carboxylic acids is 1. The molecule has 0 aliphatic carbocycles. The van der Waals surface area contributed by atoms with E-state index in [1.807, 2.05) is 42.5 Å². The number of rotatable bonds is 4. The van der Waals surface area contributed by atoms with Gasteiger partial charge in [-0.25, -0.2) is 4.79 Å². The van der Waals surface area contributed by atoms with E-state index in [0.717, 1.165) is 5.56 Å². The van der Waals surface area contributed by atoms with Crippen molar-refractivity contribution in [2.24, 2.45) is 0 Å². The second-order valence-electron chi connectivity index (χ2n) is 3.89. The molecule has 4 nitrogen and oxygen atoms in total. The maximum atomic E-state index is 11.0. The lowest BCUT2D eigenvalue weighted by atomic mass is 10.1. The quantitative estimate of drug-likeness (QED) is 0.896. The van der Waals surface area contributed by atoms with Crippen LogP contribution in [0.25, 0.3) is 6.08 Å². The third-order valence-electron chi connectivity index (χ3n) is 2.56. The number of hydrogen-bond donors (Lipinski definition) is 1. The highest BCUT2D eigenvalue weighted by atomic mass is 16.5. The maximum absolute atomic E-state index is 11.0. The summed E-state index contributed by atoms with van der Waals surface area (Å²) in [5.41, 5.74) is 1.63. The standard InChI is InChI=1S/C14H13NO3/c1-10-13(14(16)17)12(18-15-10)9-5-8-11-6-3-2-4-7-11/h2-8H,9H2,1H3,(H,16,17). The molecular weight excluding hydrogens is 230 g/mol. The van der Waals surface area contributed by atoms with E-state index in [1.54, 1.807) is 6.92 Å². The summed E-state index contributed by atoms with van der Waals surface area (Å²) in [7, 11) is 0. The zero-order valence-electron chi connectivity index (χ0n) is 9.96. The van der Waals surface area contributed by atoms with Gasteiger partial charge in [0, 0.05) is 6.42 Å². The van der Waals surface area contributed by atoms with Crippen LogP contribution in [0.1, 0.15) is 27.4 Å². The van der Waals surface area contributed by atoms with E-state index in [-0.39, 0.29) is 5.56 Å². The smallest absolute Gasteiger partial charge is 0.341 e. The Morgan fingerprint density at radius 1 is 1.39 bits per heavy atom. The van der Waals surface area contributed by atoms with Crippen molar-refractivity contribution in [1.29, 1.82) is 0 Å². The van der Waals surface area contributed by atoms with Crippen molar-refractivity contribution in [2.45, 2.75) is 13.3 Å². The van der Waals surface area contributed by atoms with Gasteiger partial charge >= 0.3 is 5.97 Å². The van der Waals surface area contributed by atoms with Gasteiger partial charge < -0.3 is 9.63 Å². The van der Waals surface area contributed by atoms with Gasteiger partial charge in [0.15, 0.2) is 5.76 Å². The van der Waals surface area contributed by atoms with E-state index in [9.17, 15) is 4.79 Å². The van der Waals surface area contributed by atoms with Gasteiger partial charge in [0.05, 0.1) is 5.69 Å². The van der Waals surface area contributed by atoms with Crippen LogP contribution in [-0.2, 0) is 6.42 Å².